The number of carbonyl (C=O) groups excluding carboxylic acids is 1. The molecule has 1 aromatic heterocycles. The van der Waals surface area contributed by atoms with Crippen LogP contribution in [0.1, 0.15) is 35.2 Å². The number of ether oxygens (including phenoxy) is 4. The van der Waals surface area contributed by atoms with Crippen LogP contribution in [-0.4, -0.2) is 97.4 Å². The standard InChI is InChI=1S/C29H35ClN6O7/c1-19-34-35-28-24(18-26(37)31-9-11-41-13-15-43-16-14-42-12-10-32-29(38)39)33-27(20-3-5-21(30)6-4-20)23-17-22(40-2)7-8-25(23)36(19)28/h3-8,17,24,32H,9-16,18H2,1-2H3,(H,31,37)(H,38,39)/t24-/m0/s1. The zero-order chi connectivity index (χ0) is 30.6. The zero-order valence-corrected chi connectivity index (χ0v) is 24.8. The van der Waals surface area contributed by atoms with Crippen molar-refractivity contribution in [2.75, 3.05) is 59.8 Å². The zero-order valence-electron chi connectivity index (χ0n) is 24.0. The Bertz CT molecular complexity index is 1410. The molecule has 2 amide bonds. The van der Waals surface area contributed by atoms with Gasteiger partial charge in [-0.05, 0) is 37.3 Å². The van der Waals surface area contributed by atoms with Crippen molar-refractivity contribution in [1.82, 2.24) is 25.4 Å². The molecular weight excluding hydrogens is 580 g/mol. The summed E-state index contributed by atoms with van der Waals surface area (Å²) >= 11 is 6.16. The summed E-state index contributed by atoms with van der Waals surface area (Å²) in [6.45, 7) is 4.46. The lowest BCUT2D eigenvalue weighted by molar-refractivity contribution is -0.121. The molecule has 0 bridgehead atoms. The minimum absolute atomic E-state index is 0.0610. The second-order valence-corrected chi connectivity index (χ2v) is 9.88. The normalized spacial score (nSPS) is 13.8. The van der Waals surface area contributed by atoms with E-state index in [-0.39, 0.29) is 25.5 Å². The molecule has 2 aromatic carbocycles. The van der Waals surface area contributed by atoms with E-state index < -0.39 is 12.1 Å². The highest BCUT2D eigenvalue weighted by atomic mass is 35.5. The fraction of sp³-hybridized carbons (Fsp3) is 0.414. The number of aliphatic imine (C=N–C) groups is 1. The third kappa shape index (κ3) is 8.97. The van der Waals surface area contributed by atoms with E-state index in [0.29, 0.717) is 67.7 Å². The molecule has 3 N–H and O–H groups in total. The van der Waals surface area contributed by atoms with Crippen molar-refractivity contribution >= 4 is 29.3 Å². The van der Waals surface area contributed by atoms with Crippen molar-refractivity contribution in [3.63, 3.8) is 0 Å². The molecule has 0 fully saturated rings. The Hall–Kier alpha value is -4.04. The lowest BCUT2D eigenvalue weighted by atomic mass is 10.00. The van der Waals surface area contributed by atoms with Crippen LogP contribution in [0, 0.1) is 6.92 Å². The van der Waals surface area contributed by atoms with Crippen LogP contribution in [-0.2, 0) is 19.0 Å². The van der Waals surface area contributed by atoms with Gasteiger partial charge in [-0.1, -0.05) is 23.7 Å². The van der Waals surface area contributed by atoms with Gasteiger partial charge in [-0.25, -0.2) is 4.79 Å². The van der Waals surface area contributed by atoms with Gasteiger partial charge >= 0.3 is 6.09 Å². The maximum Gasteiger partial charge on any atom is 0.404 e. The van der Waals surface area contributed by atoms with E-state index in [0.717, 1.165) is 16.8 Å². The number of rotatable bonds is 16. The first-order valence-electron chi connectivity index (χ1n) is 13.8. The summed E-state index contributed by atoms with van der Waals surface area (Å²) in [5, 5.41) is 22.9. The second kappa shape index (κ2) is 16.0. The molecule has 230 valence electrons. The van der Waals surface area contributed by atoms with Gasteiger partial charge in [0.2, 0.25) is 5.91 Å². The highest BCUT2D eigenvalue weighted by Gasteiger charge is 2.30. The van der Waals surface area contributed by atoms with E-state index in [1.807, 2.05) is 41.8 Å². The van der Waals surface area contributed by atoms with Gasteiger partial charge in [-0.15, -0.1) is 10.2 Å². The van der Waals surface area contributed by atoms with Crippen LogP contribution < -0.4 is 15.4 Å². The van der Waals surface area contributed by atoms with Gasteiger partial charge in [0.05, 0.1) is 64.6 Å². The predicted octanol–water partition coefficient (Wildman–Crippen LogP) is 2.95. The molecule has 0 saturated heterocycles. The molecule has 0 aliphatic carbocycles. The van der Waals surface area contributed by atoms with Crippen LogP contribution in [0.4, 0.5) is 4.79 Å². The number of benzene rings is 2. The smallest absolute Gasteiger partial charge is 0.404 e. The minimum atomic E-state index is -1.08. The summed E-state index contributed by atoms with van der Waals surface area (Å²) in [4.78, 5) is 28.4. The van der Waals surface area contributed by atoms with E-state index in [2.05, 4.69) is 20.8 Å². The van der Waals surface area contributed by atoms with E-state index in [9.17, 15) is 9.59 Å². The van der Waals surface area contributed by atoms with Gasteiger partial charge in [-0.2, -0.15) is 0 Å². The molecule has 14 heteroatoms. The second-order valence-electron chi connectivity index (χ2n) is 9.45. The van der Waals surface area contributed by atoms with E-state index in [1.54, 1.807) is 19.2 Å². The van der Waals surface area contributed by atoms with E-state index in [1.165, 1.54) is 0 Å². The summed E-state index contributed by atoms with van der Waals surface area (Å²) in [6, 6.07) is 12.5. The van der Waals surface area contributed by atoms with Gasteiger partial charge in [0, 0.05) is 29.2 Å². The average Bonchev–Trinajstić information content (AvgIpc) is 3.32. The predicted molar refractivity (Wildman–Crippen MR) is 159 cm³/mol. The first-order valence-corrected chi connectivity index (χ1v) is 14.2. The van der Waals surface area contributed by atoms with Gasteiger partial charge < -0.3 is 34.7 Å². The number of nitrogens with one attached hydrogen (secondary N) is 2. The van der Waals surface area contributed by atoms with E-state index in [4.69, 9.17) is 40.6 Å². The molecule has 43 heavy (non-hydrogen) atoms. The molecule has 13 nitrogen and oxygen atoms in total. The van der Waals surface area contributed by atoms with Gasteiger partial charge in [0.1, 0.15) is 17.6 Å². The Kier molecular flexibility index (Phi) is 11.9. The van der Waals surface area contributed by atoms with Crippen molar-refractivity contribution < 1.29 is 33.6 Å². The largest absolute Gasteiger partial charge is 0.497 e. The van der Waals surface area contributed by atoms with Gasteiger partial charge in [0.25, 0.3) is 0 Å². The minimum Gasteiger partial charge on any atom is -0.497 e. The molecule has 0 saturated carbocycles. The van der Waals surface area contributed by atoms with Crippen molar-refractivity contribution in [2.45, 2.75) is 19.4 Å². The molecule has 0 unspecified atom stereocenters. The first-order chi connectivity index (χ1) is 20.9. The molecule has 0 radical (unpaired) electrons. The molecule has 2 heterocycles. The number of aryl methyl sites for hydroxylation is 1. The summed E-state index contributed by atoms with van der Waals surface area (Å²) < 4.78 is 23.6. The third-order valence-corrected chi connectivity index (χ3v) is 6.72. The van der Waals surface area contributed by atoms with Crippen LogP contribution >= 0.6 is 11.6 Å². The lowest BCUT2D eigenvalue weighted by Crippen LogP contribution is -2.29. The Morgan fingerprint density at radius 2 is 1.58 bits per heavy atom. The SMILES string of the molecule is COc1ccc2c(c1)C(c1ccc(Cl)cc1)=N[C@@H](CC(=O)NCCOCCOCCOCCNC(=O)O)c1nnc(C)n1-2. The Morgan fingerprint density at radius 1 is 0.930 bits per heavy atom. The number of carboxylic acid groups (broad SMARTS) is 1. The number of halogens is 1. The van der Waals surface area contributed by atoms with Crippen LogP contribution in [0.15, 0.2) is 47.5 Å². The average molecular weight is 615 g/mol. The van der Waals surface area contributed by atoms with Gasteiger partial charge in [-0.3, -0.25) is 14.4 Å². The number of fused-ring (bicyclic) bond motifs is 3. The summed E-state index contributed by atoms with van der Waals surface area (Å²) in [7, 11) is 1.61. The van der Waals surface area contributed by atoms with Crippen molar-refractivity contribution in [1.29, 1.82) is 0 Å². The number of aromatic nitrogens is 3. The maximum atomic E-state index is 13.0. The highest BCUT2D eigenvalue weighted by molar-refractivity contribution is 6.30. The molecule has 1 aliphatic heterocycles. The maximum absolute atomic E-state index is 13.0. The number of hydrogen-bond donors (Lipinski definition) is 3. The monoisotopic (exact) mass is 614 g/mol. The van der Waals surface area contributed by atoms with Crippen LogP contribution in [0.3, 0.4) is 0 Å². The lowest BCUT2D eigenvalue weighted by Gasteiger charge is -2.14. The number of carbonyl (C=O) groups is 2. The van der Waals surface area contributed by atoms with Crippen LogP contribution in [0.5, 0.6) is 5.75 Å². The summed E-state index contributed by atoms with van der Waals surface area (Å²) in [5.41, 5.74) is 3.20. The molecule has 1 aliphatic rings. The third-order valence-electron chi connectivity index (χ3n) is 6.46. The molecule has 1 atom stereocenters. The number of methoxy groups -OCH3 is 1. The number of nitrogens with zero attached hydrogens (tertiary/aromatic N) is 4. The Labute approximate surface area is 254 Å². The van der Waals surface area contributed by atoms with Crippen molar-refractivity contribution in [3.8, 4) is 11.4 Å². The number of hydrogen-bond acceptors (Lipinski definition) is 9. The fourth-order valence-corrected chi connectivity index (χ4v) is 4.59. The molecule has 0 spiro atoms. The topological polar surface area (TPSA) is 158 Å². The van der Waals surface area contributed by atoms with Crippen LogP contribution in [0.2, 0.25) is 5.02 Å². The number of amides is 2. The van der Waals surface area contributed by atoms with Gasteiger partial charge in [0.15, 0.2) is 5.82 Å². The highest BCUT2D eigenvalue weighted by Crippen LogP contribution is 2.34. The molecule has 3 aromatic rings. The summed E-state index contributed by atoms with van der Waals surface area (Å²) in [6.07, 6.45) is -1.02. The first kappa shape index (κ1) is 31.9. The van der Waals surface area contributed by atoms with Crippen molar-refractivity contribution in [3.05, 3.63) is 70.3 Å². The quantitative estimate of drug-likeness (QED) is 0.206. The van der Waals surface area contributed by atoms with Crippen LogP contribution in [0.25, 0.3) is 5.69 Å². The van der Waals surface area contributed by atoms with Crippen molar-refractivity contribution in [2.24, 2.45) is 4.99 Å². The Balaban J connectivity index is 1.32. The summed E-state index contributed by atoms with van der Waals surface area (Å²) in [5.74, 6) is 1.72. The fourth-order valence-electron chi connectivity index (χ4n) is 4.46. The Morgan fingerprint density at radius 3 is 2.23 bits per heavy atom. The van der Waals surface area contributed by atoms with E-state index >= 15 is 0 Å². The molecular formula is C29H35ClN6O7. The molecule has 4 rings (SSSR count).